The van der Waals surface area contributed by atoms with E-state index in [-0.39, 0.29) is 36.2 Å². The first-order valence-electron chi connectivity index (χ1n) is 5.15. The van der Waals surface area contributed by atoms with Crippen molar-refractivity contribution in [2.75, 3.05) is 6.61 Å². The summed E-state index contributed by atoms with van der Waals surface area (Å²) in [7, 11) is 0. The number of hydrogen-bond acceptors (Lipinski definition) is 4. The molecule has 0 radical (unpaired) electrons. The molecule has 1 fully saturated rings. The molecule has 84 valence electrons. The van der Waals surface area contributed by atoms with Crippen molar-refractivity contribution >= 4 is 11.9 Å². The van der Waals surface area contributed by atoms with Crippen LogP contribution in [0.5, 0.6) is 0 Å². The third-order valence-corrected chi connectivity index (χ3v) is 2.71. The van der Waals surface area contributed by atoms with Crippen LogP contribution in [0.2, 0.25) is 0 Å². The summed E-state index contributed by atoms with van der Waals surface area (Å²) in [6.45, 7) is 3.56. The molecule has 1 rings (SSSR count). The fourth-order valence-electron chi connectivity index (χ4n) is 1.94. The average Bonchev–Trinajstić information content (AvgIpc) is 2.25. The van der Waals surface area contributed by atoms with E-state index in [2.05, 4.69) is 6.58 Å². The third-order valence-electron chi connectivity index (χ3n) is 2.71. The van der Waals surface area contributed by atoms with Gasteiger partial charge in [-0.15, -0.1) is 0 Å². The van der Waals surface area contributed by atoms with Gasteiger partial charge in [0.25, 0.3) is 0 Å². The molecule has 2 atom stereocenters. The Balaban J connectivity index is 0.00000225. The maximum atomic E-state index is 11.5. The largest absolute Gasteiger partial charge is 1.00 e. The summed E-state index contributed by atoms with van der Waals surface area (Å²) < 4.78 is 4.86. The van der Waals surface area contributed by atoms with Crippen molar-refractivity contribution < 1.29 is 49.0 Å². The average molecular weight is 234 g/mol. The van der Waals surface area contributed by atoms with Crippen LogP contribution in [0.3, 0.4) is 0 Å². The van der Waals surface area contributed by atoms with Crippen molar-refractivity contribution in [3.05, 3.63) is 12.7 Å². The predicted octanol–water partition coefficient (Wildman–Crippen LogP) is -2.72. The quantitative estimate of drug-likeness (QED) is 0.301. The fraction of sp³-hybridized carbons (Fsp3) is 0.636. The van der Waals surface area contributed by atoms with Crippen molar-refractivity contribution in [1.29, 1.82) is 0 Å². The second-order valence-corrected chi connectivity index (χ2v) is 3.74. The molecule has 16 heavy (non-hydrogen) atoms. The minimum absolute atomic E-state index is 0. The summed E-state index contributed by atoms with van der Waals surface area (Å²) >= 11 is 0. The van der Waals surface area contributed by atoms with Crippen LogP contribution in [0, 0.1) is 11.8 Å². The summed E-state index contributed by atoms with van der Waals surface area (Å²) in [5.41, 5.74) is 0. The molecule has 0 heterocycles. The Morgan fingerprint density at radius 2 is 1.88 bits per heavy atom. The number of esters is 1. The second kappa shape index (κ2) is 7.87. The van der Waals surface area contributed by atoms with Crippen LogP contribution in [-0.2, 0) is 14.3 Å². The molecule has 4 nitrogen and oxygen atoms in total. The van der Waals surface area contributed by atoms with Gasteiger partial charge in [-0.05, 0) is 12.8 Å². The van der Waals surface area contributed by atoms with E-state index in [4.69, 9.17) is 4.74 Å². The number of ether oxygens (including phenoxy) is 1. The van der Waals surface area contributed by atoms with E-state index in [0.717, 1.165) is 12.8 Å². The molecule has 0 aromatic carbocycles. The van der Waals surface area contributed by atoms with E-state index >= 15 is 0 Å². The third kappa shape index (κ3) is 4.28. The first-order chi connectivity index (χ1) is 7.16. The number of rotatable bonds is 4. The maximum absolute atomic E-state index is 11.5. The zero-order valence-corrected chi connectivity index (χ0v) is 11.6. The van der Waals surface area contributed by atoms with Crippen LogP contribution in [0.1, 0.15) is 25.7 Å². The molecule has 1 saturated carbocycles. The van der Waals surface area contributed by atoms with E-state index in [9.17, 15) is 14.7 Å². The van der Waals surface area contributed by atoms with Crippen LogP contribution in [0.25, 0.3) is 0 Å². The van der Waals surface area contributed by atoms with E-state index < -0.39 is 23.8 Å². The molecule has 1 aliphatic rings. The Labute approximate surface area is 117 Å². The van der Waals surface area contributed by atoms with Crippen LogP contribution in [0.15, 0.2) is 12.7 Å². The van der Waals surface area contributed by atoms with Gasteiger partial charge in [0.15, 0.2) is 0 Å². The van der Waals surface area contributed by atoms with Crippen molar-refractivity contribution in [2.45, 2.75) is 25.7 Å². The van der Waals surface area contributed by atoms with Gasteiger partial charge >= 0.3 is 35.5 Å². The van der Waals surface area contributed by atoms with E-state index in [1.165, 1.54) is 6.08 Å². The summed E-state index contributed by atoms with van der Waals surface area (Å²) in [5.74, 6) is -2.81. The molecular weight excluding hydrogens is 219 g/mol. The van der Waals surface area contributed by atoms with Crippen LogP contribution in [0.4, 0.5) is 0 Å². The maximum Gasteiger partial charge on any atom is 1.00 e. The van der Waals surface area contributed by atoms with Gasteiger partial charge in [-0.3, -0.25) is 4.79 Å². The summed E-state index contributed by atoms with van der Waals surface area (Å²) in [4.78, 5) is 22.3. The van der Waals surface area contributed by atoms with Crippen molar-refractivity contribution in [2.24, 2.45) is 11.8 Å². The summed E-state index contributed by atoms with van der Waals surface area (Å²) in [6.07, 6.45) is 4.26. The Morgan fingerprint density at radius 3 is 2.38 bits per heavy atom. The smallest absolute Gasteiger partial charge is 0.550 e. The Hall–Kier alpha value is -0.320. The topological polar surface area (TPSA) is 66.4 Å². The predicted molar refractivity (Wildman–Crippen MR) is 51.6 cm³/mol. The normalized spacial score (nSPS) is 24.0. The molecule has 5 heteroatoms. The molecule has 0 spiro atoms. The van der Waals surface area contributed by atoms with Gasteiger partial charge in [-0.25, -0.2) is 0 Å². The number of carboxylic acids is 1. The van der Waals surface area contributed by atoms with E-state index in [1.807, 2.05) is 0 Å². The molecule has 2 unspecified atom stereocenters. The standard InChI is InChI=1S/C11H16O4.Na/c1-2-7-15-11(14)9-6-4-3-5-8(9)10(12)13;/h2,8-9H,1,3-7H2,(H,12,13);/q;+1/p-1. The number of hydrogen-bond donors (Lipinski definition) is 0. The second-order valence-electron chi connectivity index (χ2n) is 3.74. The first kappa shape index (κ1) is 15.7. The molecule has 1 aliphatic carbocycles. The molecule has 0 amide bonds. The Morgan fingerprint density at radius 1 is 1.31 bits per heavy atom. The van der Waals surface area contributed by atoms with Gasteiger partial charge in [0.1, 0.15) is 6.61 Å². The molecule has 0 N–H and O–H groups in total. The van der Waals surface area contributed by atoms with Gasteiger partial charge in [0, 0.05) is 11.9 Å². The molecule has 0 bridgehead atoms. The van der Waals surface area contributed by atoms with Gasteiger partial charge in [0.05, 0.1) is 5.92 Å². The van der Waals surface area contributed by atoms with Crippen molar-refractivity contribution in [3.63, 3.8) is 0 Å². The van der Waals surface area contributed by atoms with Crippen LogP contribution >= 0.6 is 0 Å². The monoisotopic (exact) mass is 234 g/mol. The summed E-state index contributed by atoms with van der Waals surface area (Å²) in [5, 5.41) is 10.8. The molecule has 0 aliphatic heterocycles. The van der Waals surface area contributed by atoms with Crippen LogP contribution < -0.4 is 34.7 Å². The van der Waals surface area contributed by atoms with Crippen molar-refractivity contribution in [1.82, 2.24) is 0 Å². The van der Waals surface area contributed by atoms with Crippen molar-refractivity contribution in [3.8, 4) is 0 Å². The fourth-order valence-corrected chi connectivity index (χ4v) is 1.94. The molecule has 0 saturated heterocycles. The SMILES string of the molecule is C=CCOC(=O)C1CCCCC1C(=O)[O-].[Na+]. The van der Waals surface area contributed by atoms with E-state index in [0.29, 0.717) is 12.8 Å². The van der Waals surface area contributed by atoms with Crippen LogP contribution in [-0.4, -0.2) is 18.5 Å². The molecular formula is C11H15NaO4. The zero-order valence-electron chi connectivity index (χ0n) is 9.61. The minimum atomic E-state index is -1.14. The zero-order chi connectivity index (χ0) is 11.3. The van der Waals surface area contributed by atoms with Gasteiger partial charge < -0.3 is 14.6 Å². The van der Waals surface area contributed by atoms with E-state index in [1.54, 1.807) is 0 Å². The van der Waals surface area contributed by atoms with Gasteiger partial charge in [-0.2, -0.15) is 0 Å². The van der Waals surface area contributed by atoms with Gasteiger partial charge in [-0.1, -0.05) is 25.5 Å². The number of carbonyl (C=O) groups is 2. The van der Waals surface area contributed by atoms with Gasteiger partial charge in [0.2, 0.25) is 0 Å². The number of carboxylic acid groups (broad SMARTS) is 1. The Bertz CT molecular complexity index is 265. The molecule has 0 aromatic rings. The molecule has 0 aromatic heterocycles. The number of carbonyl (C=O) groups excluding carboxylic acids is 2. The number of aliphatic carboxylic acids is 1. The first-order valence-corrected chi connectivity index (χ1v) is 5.15. The summed E-state index contributed by atoms with van der Waals surface area (Å²) in [6, 6.07) is 0. The minimum Gasteiger partial charge on any atom is -0.550 e. The Kier molecular flexibility index (Phi) is 7.72.